The molecular weight excluding hydrogens is 482 g/mol. The number of amides is 1. The van der Waals surface area contributed by atoms with Crippen LogP contribution in [0.1, 0.15) is 24.2 Å². The van der Waals surface area contributed by atoms with Crippen LogP contribution >= 0.6 is 11.6 Å². The zero-order valence-electron chi connectivity index (χ0n) is 16.6. The van der Waals surface area contributed by atoms with Crippen LogP contribution in [0.4, 0.5) is 26.3 Å². The van der Waals surface area contributed by atoms with Crippen molar-refractivity contribution in [1.29, 1.82) is 0 Å². The van der Waals surface area contributed by atoms with Gasteiger partial charge in [-0.05, 0) is 30.7 Å². The molecule has 2 aromatic rings. The van der Waals surface area contributed by atoms with Gasteiger partial charge in [-0.15, -0.1) is 0 Å². The van der Waals surface area contributed by atoms with E-state index in [0.717, 1.165) is 0 Å². The maximum absolute atomic E-state index is 12.7. The lowest BCUT2D eigenvalue weighted by molar-refractivity contribution is -0.166. The molecular formula is C19H15ClF6N4O3. The third-order valence-corrected chi connectivity index (χ3v) is 4.53. The van der Waals surface area contributed by atoms with Gasteiger partial charge in [0.15, 0.2) is 12.5 Å². The number of halogens is 7. The van der Waals surface area contributed by atoms with Gasteiger partial charge in [-0.1, -0.05) is 28.9 Å². The van der Waals surface area contributed by atoms with Gasteiger partial charge in [-0.3, -0.25) is 4.79 Å². The van der Waals surface area contributed by atoms with Crippen molar-refractivity contribution in [1.82, 2.24) is 20.8 Å². The van der Waals surface area contributed by atoms with Crippen molar-refractivity contribution < 1.29 is 40.4 Å². The van der Waals surface area contributed by atoms with Gasteiger partial charge in [0.1, 0.15) is 0 Å². The van der Waals surface area contributed by atoms with E-state index in [1.807, 2.05) is 0 Å². The second-order valence-corrected chi connectivity index (χ2v) is 7.25. The van der Waals surface area contributed by atoms with Crippen molar-refractivity contribution in [2.24, 2.45) is 0 Å². The number of ether oxygens (including phenoxy) is 1. The molecule has 0 radical (unpaired) electrons. The smallest absolute Gasteiger partial charge is 0.455 e. The number of allylic oxidation sites excluding steroid dienone is 2. The zero-order valence-corrected chi connectivity index (χ0v) is 17.4. The summed E-state index contributed by atoms with van der Waals surface area (Å²) in [7, 11) is 0. The third kappa shape index (κ3) is 6.40. The molecule has 0 saturated carbocycles. The summed E-state index contributed by atoms with van der Waals surface area (Å²) in [6.07, 6.45) is -8.08. The van der Waals surface area contributed by atoms with Crippen LogP contribution in [-0.2, 0) is 22.3 Å². The van der Waals surface area contributed by atoms with E-state index in [1.54, 1.807) is 0 Å². The largest absolute Gasteiger partial charge is 0.469 e. The van der Waals surface area contributed by atoms with Gasteiger partial charge in [-0.25, -0.2) is 0 Å². The Kier molecular flexibility index (Phi) is 6.91. The van der Waals surface area contributed by atoms with Crippen molar-refractivity contribution in [3.8, 4) is 0 Å². The normalized spacial score (nSPS) is 16.8. The predicted octanol–water partition coefficient (Wildman–Crippen LogP) is 4.22. The average molecular weight is 497 g/mol. The number of aromatic nitrogens is 2. The minimum absolute atomic E-state index is 0.0786. The minimum Gasteiger partial charge on any atom is -0.469 e. The summed E-state index contributed by atoms with van der Waals surface area (Å²) in [5.41, 5.74) is 0.638. The lowest BCUT2D eigenvalue weighted by atomic mass is 9.96. The van der Waals surface area contributed by atoms with E-state index in [-0.39, 0.29) is 17.0 Å². The van der Waals surface area contributed by atoms with Gasteiger partial charge in [-0.2, -0.15) is 31.3 Å². The van der Waals surface area contributed by atoms with Gasteiger partial charge < -0.3 is 19.9 Å². The number of hydrogen-bond acceptors (Lipinski definition) is 6. The first-order chi connectivity index (χ1) is 15.3. The number of carbonyl (C=O) groups excluding carboxylic acids is 1. The highest BCUT2D eigenvalue weighted by molar-refractivity contribution is 6.30. The summed E-state index contributed by atoms with van der Waals surface area (Å²) in [6, 6.07) is 5.26. The second-order valence-electron chi connectivity index (χ2n) is 6.81. The summed E-state index contributed by atoms with van der Waals surface area (Å²) in [4.78, 5) is 15.8. The summed E-state index contributed by atoms with van der Waals surface area (Å²) in [5, 5.41) is 8.21. The number of alkyl halides is 6. The molecule has 1 amide bonds. The number of carbonyl (C=O) groups is 1. The second kappa shape index (κ2) is 9.33. The summed E-state index contributed by atoms with van der Waals surface area (Å²) in [6.45, 7) is -0.563. The maximum atomic E-state index is 12.7. The molecule has 7 nitrogen and oxygen atoms in total. The molecule has 1 aromatic heterocycles. The van der Waals surface area contributed by atoms with E-state index in [1.165, 1.54) is 37.3 Å². The molecule has 1 unspecified atom stereocenters. The van der Waals surface area contributed by atoms with Gasteiger partial charge in [0.05, 0.1) is 12.6 Å². The van der Waals surface area contributed by atoms with Gasteiger partial charge >= 0.3 is 12.4 Å². The standard InChI is InChI=1S/C19H15ClF6N4O3/c1-9-12(15(31)27-7-14-29-17(30-33-14)19(24,25)26)6-13(10-2-4-11(20)5-3-10)16(28-9)32-8-18(21,22)23/h2-6,9,28H,7-8H2,1H3,(H,27,31). The topological polar surface area (TPSA) is 89.3 Å². The van der Waals surface area contributed by atoms with Crippen molar-refractivity contribution in [2.45, 2.75) is 31.9 Å². The van der Waals surface area contributed by atoms with Crippen LogP contribution in [0.2, 0.25) is 5.02 Å². The number of dihydropyridines is 1. The van der Waals surface area contributed by atoms with Crippen molar-refractivity contribution in [3.63, 3.8) is 0 Å². The minimum atomic E-state index is -4.80. The monoisotopic (exact) mass is 496 g/mol. The molecule has 1 aliphatic heterocycles. The molecule has 0 spiro atoms. The first-order valence-corrected chi connectivity index (χ1v) is 9.57. The molecule has 0 fully saturated rings. The lowest BCUT2D eigenvalue weighted by Crippen LogP contribution is -2.39. The Morgan fingerprint density at radius 3 is 2.45 bits per heavy atom. The van der Waals surface area contributed by atoms with Crippen LogP contribution in [0, 0.1) is 0 Å². The molecule has 2 N–H and O–H groups in total. The Morgan fingerprint density at radius 1 is 1.21 bits per heavy atom. The molecule has 3 rings (SSSR count). The van der Waals surface area contributed by atoms with E-state index in [0.29, 0.717) is 10.6 Å². The number of hydrogen-bond donors (Lipinski definition) is 2. The first kappa shape index (κ1) is 24.4. The van der Waals surface area contributed by atoms with E-state index < -0.39 is 49.2 Å². The Bertz CT molecular complexity index is 1080. The number of benzene rings is 1. The van der Waals surface area contributed by atoms with E-state index >= 15 is 0 Å². The van der Waals surface area contributed by atoms with Crippen molar-refractivity contribution in [3.05, 3.63) is 64.1 Å². The molecule has 14 heteroatoms. The van der Waals surface area contributed by atoms with Crippen LogP contribution in [0.5, 0.6) is 0 Å². The molecule has 2 heterocycles. The predicted molar refractivity (Wildman–Crippen MR) is 102 cm³/mol. The highest BCUT2D eigenvalue weighted by Gasteiger charge is 2.37. The van der Waals surface area contributed by atoms with Crippen LogP contribution < -0.4 is 10.6 Å². The fraction of sp³-hybridized carbons (Fsp3) is 0.316. The zero-order chi connectivity index (χ0) is 24.4. The summed E-state index contributed by atoms with van der Waals surface area (Å²) < 4.78 is 85.0. The van der Waals surface area contributed by atoms with Crippen molar-refractivity contribution >= 4 is 23.1 Å². The van der Waals surface area contributed by atoms with E-state index in [4.69, 9.17) is 16.3 Å². The van der Waals surface area contributed by atoms with Crippen LogP contribution in [0.25, 0.3) is 5.57 Å². The number of nitrogens with one attached hydrogen (secondary N) is 2. The molecule has 0 aliphatic carbocycles. The molecule has 1 atom stereocenters. The van der Waals surface area contributed by atoms with Gasteiger partial charge in [0.2, 0.25) is 11.8 Å². The SMILES string of the molecule is CC1NC(OCC(F)(F)F)=C(c2ccc(Cl)cc2)C=C1C(=O)NCc1nc(C(F)(F)F)no1. The number of nitrogens with zero attached hydrogens (tertiary/aromatic N) is 2. The Balaban J connectivity index is 1.84. The molecule has 0 bridgehead atoms. The third-order valence-electron chi connectivity index (χ3n) is 4.28. The quantitative estimate of drug-likeness (QED) is 0.582. The number of rotatable bonds is 6. The molecule has 0 saturated heterocycles. The van der Waals surface area contributed by atoms with Crippen LogP contribution in [-0.4, -0.2) is 34.9 Å². The molecule has 178 valence electrons. The Hall–Kier alpha value is -3.22. The highest BCUT2D eigenvalue weighted by Crippen LogP contribution is 2.30. The highest BCUT2D eigenvalue weighted by atomic mass is 35.5. The first-order valence-electron chi connectivity index (χ1n) is 9.19. The van der Waals surface area contributed by atoms with E-state index in [2.05, 4.69) is 25.3 Å². The fourth-order valence-corrected chi connectivity index (χ4v) is 2.90. The molecule has 33 heavy (non-hydrogen) atoms. The maximum Gasteiger partial charge on any atom is 0.455 e. The Morgan fingerprint density at radius 2 is 1.88 bits per heavy atom. The van der Waals surface area contributed by atoms with Crippen LogP contribution in [0.3, 0.4) is 0 Å². The summed E-state index contributed by atoms with van der Waals surface area (Å²) in [5.74, 6) is -2.89. The van der Waals surface area contributed by atoms with E-state index in [9.17, 15) is 31.1 Å². The van der Waals surface area contributed by atoms with Gasteiger partial charge in [0, 0.05) is 16.2 Å². The van der Waals surface area contributed by atoms with Crippen molar-refractivity contribution in [2.75, 3.05) is 6.61 Å². The van der Waals surface area contributed by atoms with Crippen LogP contribution in [0.15, 0.2) is 46.3 Å². The fourth-order valence-electron chi connectivity index (χ4n) is 2.78. The summed E-state index contributed by atoms with van der Waals surface area (Å²) >= 11 is 5.86. The van der Waals surface area contributed by atoms with Gasteiger partial charge in [0.25, 0.3) is 5.82 Å². The molecule has 1 aliphatic rings. The molecule has 1 aromatic carbocycles. The average Bonchev–Trinajstić information content (AvgIpc) is 3.20. The lowest BCUT2D eigenvalue weighted by Gasteiger charge is -2.27. The Labute approximate surface area is 187 Å².